The van der Waals surface area contributed by atoms with Crippen LogP contribution in [0.5, 0.6) is 0 Å². The summed E-state index contributed by atoms with van der Waals surface area (Å²) in [6, 6.07) is 6.24. The summed E-state index contributed by atoms with van der Waals surface area (Å²) in [5.41, 5.74) is 2.94. The molecule has 100 valence electrons. The molecule has 0 aliphatic carbocycles. The van der Waals surface area contributed by atoms with Gasteiger partial charge in [0.05, 0.1) is 6.04 Å². The zero-order chi connectivity index (χ0) is 13.8. The Bertz CT molecular complexity index is 572. The van der Waals surface area contributed by atoms with Gasteiger partial charge >= 0.3 is 0 Å². The van der Waals surface area contributed by atoms with Crippen LogP contribution in [0.15, 0.2) is 36.7 Å². The Morgan fingerprint density at radius 1 is 1.32 bits per heavy atom. The first-order chi connectivity index (χ1) is 9.17. The van der Waals surface area contributed by atoms with Crippen LogP contribution in [-0.2, 0) is 6.42 Å². The lowest BCUT2D eigenvalue weighted by Crippen LogP contribution is -2.20. The van der Waals surface area contributed by atoms with Crippen molar-refractivity contribution in [2.24, 2.45) is 0 Å². The first-order valence-corrected chi connectivity index (χ1v) is 6.60. The summed E-state index contributed by atoms with van der Waals surface area (Å²) in [5.74, 6) is -0.285. The lowest BCUT2D eigenvalue weighted by atomic mass is 9.95. The summed E-state index contributed by atoms with van der Waals surface area (Å²) in [5, 5.41) is 3.75. The molecule has 1 atom stereocenters. The number of aryl methyl sites for hydroxylation is 1. The minimum atomic E-state index is -0.285. The standard InChI is InChI=1S/C15H16ClFN2/c1-3-10-9-19-7-6-12(10)15(18-2)13-8-11(17)4-5-14(13)16/h4-9,15,18H,3H2,1-2H3. The van der Waals surface area contributed by atoms with E-state index in [-0.39, 0.29) is 11.9 Å². The van der Waals surface area contributed by atoms with Gasteiger partial charge in [-0.1, -0.05) is 18.5 Å². The molecule has 0 aliphatic rings. The third-order valence-electron chi connectivity index (χ3n) is 3.19. The van der Waals surface area contributed by atoms with Crippen LogP contribution in [0.2, 0.25) is 5.02 Å². The third kappa shape index (κ3) is 2.94. The zero-order valence-corrected chi connectivity index (χ0v) is 11.7. The van der Waals surface area contributed by atoms with Crippen LogP contribution in [-0.4, -0.2) is 12.0 Å². The Labute approximate surface area is 117 Å². The number of halogens is 2. The van der Waals surface area contributed by atoms with E-state index in [9.17, 15) is 4.39 Å². The van der Waals surface area contributed by atoms with E-state index in [0.29, 0.717) is 5.02 Å². The maximum absolute atomic E-state index is 13.4. The molecule has 4 heteroatoms. The molecule has 2 nitrogen and oxygen atoms in total. The van der Waals surface area contributed by atoms with E-state index < -0.39 is 0 Å². The maximum Gasteiger partial charge on any atom is 0.123 e. The van der Waals surface area contributed by atoms with Gasteiger partial charge < -0.3 is 5.32 Å². The van der Waals surface area contributed by atoms with Gasteiger partial charge in [-0.05, 0) is 54.4 Å². The van der Waals surface area contributed by atoms with E-state index in [1.165, 1.54) is 12.1 Å². The maximum atomic E-state index is 13.4. The summed E-state index contributed by atoms with van der Waals surface area (Å²) in [6.45, 7) is 2.07. The molecule has 1 aromatic heterocycles. The molecule has 1 heterocycles. The summed E-state index contributed by atoms with van der Waals surface area (Å²) in [7, 11) is 1.84. The highest BCUT2D eigenvalue weighted by atomic mass is 35.5. The fourth-order valence-electron chi connectivity index (χ4n) is 2.23. The van der Waals surface area contributed by atoms with E-state index in [1.54, 1.807) is 12.3 Å². The molecule has 2 aromatic rings. The smallest absolute Gasteiger partial charge is 0.123 e. The van der Waals surface area contributed by atoms with Gasteiger partial charge in [0.15, 0.2) is 0 Å². The Hall–Kier alpha value is -1.45. The number of nitrogens with one attached hydrogen (secondary N) is 1. The van der Waals surface area contributed by atoms with Crippen molar-refractivity contribution >= 4 is 11.6 Å². The van der Waals surface area contributed by atoms with Crippen molar-refractivity contribution in [3.8, 4) is 0 Å². The molecule has 0 aliphatic heterocycles. The molecule has 1 unspecified atom stereocenters. The number of hydrogen-bond donors (Lipinski definition) is 1. The minimum absolute atomic E-state index is 0.138. The molecule has 0 spiro atoms. The average molecular weight is 279 g/mol. The van der Waals surface area contributed by atoms with E-state index in [4.69, 9.17) is 11.6 Å². The molecule has 0 saturated heterocycles. The lowest BCUT2D eigenvalue weighted by Gasteiger charge is -2.21. The van der Waals surface area contributed by atoms with Gasteiger partial charge in [-0.2, -0.15) is 0 Å². The van der Waals surface area contributed by atoms with Gasteiger partial charge in [0.2, 0.25) is 0 Å². The second-order valence-electron chi connectivity index (χ2n) is 4.32. The molecular weight excluding hydrogens is 263 g/mol. The van der Waals surface area contributed by atoms with Crippen molar-refractivity contribution in [2.45, 2.75) is 19.4 Å². The molecule has 19 heavy (non-hydrogen) atoms. The van der Waals surface area contributed by atoms with Gasteiger partial charge in [0, 0.05) is 17.4 Å². The molecule has 0 saturated carbocycles. The Kier molecular flexibility index (Phi) is 4.51. The van der Waals surface area contributed by atoms with E-state index >= 15 is 0 Å². The number of hydrogen-bond acceptors (Lipinski definition) is 2. The lowest BCUT2D eigenvalue weighted by molar-refractivity contribution is 0.616. The Morgan fingerprint density at radius 2 is 2.11 bits per heavy atom. The third-order valence-corrected chi connectivity index (χ3v) is 3.54. The molecule has 1 aromatic carbocycles. The molecule has 0 amide bonds. The quantitative estimate of drug-likeness (QED) is 0.921. The number of benzene rings is 1. The van der Waals surface area contributed by atoms with Crippen molar-refractivity contribution in [2.75, 3.05) is 7.05 Å². The molecule has 0 bridgehead atoms. The number of rotatable bonds is 4. The van der Waals surface area contributed by atoms with Gasteiger partial charge in [-0.3, -0.25) is 4.98 Å². The van der Waals surface area contributed by atoms with Crippen LogP contribution in [0.3, 0.4) is 0 Å². The second-order valence-corrected chi connectivity index (χ2v) is 4.72. The van der Waals surface area contributed by atoms with Crippen molar-refractivity contribution in [3.63, 3.8) is 0 Å². The molecule has 0 radical (unpaired) electrons. The summed E-state index contributed by atoms with van der Waals surface area (Å²) in [6.07, 6.45) is 4.45. The van der Waals surface area contributed by atoms with Crippen molar-refractivity contribution in [1.82, 2.24) is 10.3 Å². The number of aromatic nitrogens is 1. The Morgan fingerprint density at radius 3 is 2.79 bits per heavy atom. The van der Waals surface area contributed by atoms with Crippen LogP contribution >= 0.6 is 11.6 Å². The first-order valence-electron chi connectivity index (χ1n) is 6.22. The molecule has 0 fully saturated rings. The minimum Gasteiger partial charge on any atom is -0.309 e. The fourth-order valence-corrected chi connectivity index (χ4v) is 2.46. The topological polar surface area (TPSA) is 24.9 Å². The highest BCUT2D eigenvalue weighted by Crippen LogP contribution is 2.30. The predicted octanol–water partition coefficient (Wildman–Crippen LogP) is 3.75. The van der Waals surface area contributed by atoms with Crippen LogP contribution in [0.1, 0.15) is 29.7 Å². The van der Waals surface area contributed by atoms with E-state index in [0.717, 1.165) is 23.1 Å². The molecule has 1 N–H and O–H groups in total. The predicted molar refractivity (Wildman–Crippen MR) is 75.9 cm³/mol. The van der Waals surface area contributed by atoms with Crippen LogP contribution in [0.4, 0.5) is 4.39 Å². The molecule has 2 rings (SSSR count). The van der Waals surface area contributed by atoms with Crippen molar-refractivity contribution in [3.05, 3.63) is 64.2 Å². The average Bonchev–Trinajstić information content (AvgIpc) is 2.44. The largest absolute Gasteiger partial charge is 0.309 e. The monoisotopic (exact) mass is 278 g/mol. The SMILES string of the molecule is CCc1cnccc1C(NC)c1cc(F)ccc1Cl. The van der Waals surface area contributed by atoms with Crippen LogP contribution in [0.25, 0.3) is 0 Å². The highest BCUT2D eigenvalue weighted by Gasteiger charge is 2.18. The first kappa shape index (κ1) is 14.0. The van der Waals surface area contributed by atoms with Gasteiger partial charge in [0.25, 0.3) is 0 Å². The van der Waals surface area contributed by atoms with Crippen molar-refractivity contribution in [1.29, 1.82) is 0 Å². The zero-order valence-electron chi connectivity index (χ0n) is 11.0. The van der Waals surface area contributed by atoms with Crippen LogP contribution in [0, 0.1) is 5.82 Å². The Balaban J connectivity index is 2.53. The fraction of sp³-hybridized carbons (Fsp3) is 0.267. The number of pyridine rings is 1. The summed E-state index contributed by atoms with van der Waals surface area (Å²) >= 11 is 6.19. The second kappa shape index (κ2) is 6.13. The highest BCUT2D eigenvalue weighted by molar-refractivity contribution is 6.31. The number of nitrogens with zero attached hydrogens (tertiary/aromatic N) is 1. The van der Waals surface area contributed by atoms with E-state index in [1.807, 2.05) is 19.3 Å². The van der Waals surface area contributed by atoms with E-state index in [2.05, 4.69) is 17.2 Å². The van der Waals surface area contributed by atoms with Gasteiger partial charge in [-0.25, -0.2) is 4.39 Å². The van der Waals surface area contributed by atoms with Crippen LogP contribution < -0.4 is 5.32 Å². The normalized spacial score (nSPS) is 12.4. The molecular formula is C15H16ClFN2. The van der Waals surface area contributed by atoms with Crippen molar-refractivity contribution < 1.29 is 4.39 Å². The van der Waals surface area contributed by atoms with Gasteiger partial charge in [-0.15, -0.1) is 0 Å². The summed E-state index contributed by atoms with van der Waals surface area (Å²) in [4.78, 5) is 4.13. The van der Waals surface area contributed by atoms with Gasteiger partial charge in [0.1, 0.15) is 5.82 Å². The summed E-state index contributed by atoms with van der Waals surface area (Å²) < 4.78 is 13.4.